The summed E-state index contributed by atoms with van der Waals surface area (Å²) in [5.74, 6) is 1.36. The van der Waals surface area contributed by atoms with Crippen LogP contribution in [0.2, 0.25) is 10.0 Å². The number of benzene rings is 1. The van der Waals surface area contributed by atoms with Gasteiger partial charge in [-0.25, -0.2) is 0 Å². The van der Waals surface area contributed by atoms with Gasteiger partial charge in [-0.15, -0.1) is 0 Å². The summed E-state index contributed by atoms with van der Waals surface area (Å²) in [4.78, 5) is 0. The summed E-state index contributed by atoms with van der Waals surface area (Å²) in [5, 5.41) is 8.09. The molecule has 0 amide bonds. The van der Waals surface area contributed by atoms with Gasteiger partial charge >= 0.3 is 0 Å². The number of hydrogen-bond donors (Lipinski definition) is 1. The summed E-state index contributed by atoms with van der Waals surface area (Å²) < 4.78 is 10.7. The minimum Gasteiger partial charge on any atom is -0.495 e. The molecule has 0 aliphatic heterocycles. The Morgan fingerprint density at radius 2 is 1.90 bits per heavy atom. The van der Waals surface area contributed by atoms with E-state index in [1.807, 2.05) is 0 Å². The average Bonchev–Trinajstić information content (AvgIpc) is 2.95. The van der Waals surface area contributed by atoms with Crippen molar-refractivity contribution in [1.82, 2.24) is 10.2 Å². The molecular weight excluding hydrogens is 311 g/mol. The molecule has 2 aromatic rings. The van der Waals surface area contributed by atoms with Crippen LogP contribution in [-0.2, 0) is 12.8 Å². The number of ether oxygens (including phenoxy) is 2. The SMILES string of the molecule is COc1cc(OC)c(Cl)c([C@@H]2CCc3[c]n[nH]c3C2)c1Cl. The van der Waals surface area contributed by atoms with E-state index in [2.05, 4.69) is 16.4 Å². The fourth-order valence-electron chi connectivity index (χ4n) is 2.85. The number of nitrogens with zero attached hydrogens (tertiary/aromatic N) is 1. The van der Waals surface area contributed by atoms with Gasteiger partial charge in [-0.2, -0.15) is 5.10 Å². The van der Waals surface area contributed by atoms with Gasteiger partial charge in [0, 0.05) is 22.9 Å². The molecule has 0 bridgehead atoms. The molecule has 1 aliphatic rings. The van der Waals surface area contributed by atoms with Gasteiger partial charge in [0.15, 0.2) is 0 Å². The van der Waals surface area contributed by atoms with Gasteiger partial charge in [-0.05, 0) is 25.2 Å². The number of aryl methyl sites for hydroxylation is 1. The van der Waals surface area contributed by atoms with Crippen molar-refractivity contribution in [1.29, 1.82) is 0 Å². The summed E-state index contributed by atoms with van der Waals surface area (Å²) >= 11 is 13.0. The fourth-order valence-corrected chi connectivity index (χ4v) is 3.66. The lowest BCUT2D eigenvalue weighted by Gasteiger charge is -2.25. The minimum atomic E-state index is 0.204. The fraction of sp³-hybridized carbons (Fsp3) is 0.400. The largest absolute Gasteiger partial charge is 0.495 e. The molecule has 1 radical (unpaired) electrons. The monoisotopic (exact) mass is 325 g/mol. The summed E-state index contributed by atoms with van der Waals surface area (Å²) in [7, 11) is 3.17. The topological polar surface area (TPSA) is 47.1 Å². The highest BCUT2D eigenvalue weighted by molar-refractivity contribution is 6.38. The third kappa shape index (κ3) is 2.47. The van der Waals surface area contributed by atoms with Crippen molar-refractivity contribution in [3.05, 3.63) is 39.1 Å². The van der Waals surface area contributed by atoms with Gasteiger partial charge in [0.2, 0.25) is 0 Å². The number of aromatic nitrogens is 2. The van der Waals surface area contributed by atoms with Gasteiger partial charge in [0.05, 0.1) is 24.3 Å². The van der Waals surface area contributed by atoms with E-state index in [9.17, 15) is 0 Å². The number of rotatable bonds is 3. The van der Waals surface area contributed by atoms with Crippen LogP contribution >= 0.6 is 23.2 Å². The summed E-state index contributed by atoms with van der Waals surface area (Å²) in [5.41, 5.74) is 3.13. The van der Waals surface area contributed by atoms with Crippen molar-refractivity contribution in [2.45, 2.75) is 25.2 Å². The molecular formula is C15H15Cl2N2O2. The molecule has 1 aromatic carbocycles. The van der Waals surface area contributed by atoms with E-state index in [-0.39, 0.29) is 5.92 Å². The zero-order valence-corrected chi connectivity index (χ0v) is 13.3. The summed E-state index contributed by atoms with van der Waals surface area (Å²) in [6, 6.07) is 1.71. The second-order valence-electron chi connectivity index (χ2n) is 5.05. The normalized spacial score (nSPS) is 17.4. The van der Waals surface area contributed by atoms with Gasteiger partial charge in [-0.3, -0.25) is 5.10 Å². The second-order valence-corrected chi connectivity index (χ2v) is 5.81. The van der Waals surface area contributed by atoms with Crippen LogP contribution in [0.15, 0.2) is 6.07 Å². The number of hydrogen-bond acceptors (Lipinski definition) is 3. The summed E-state index contributed by atoms with van der Waals surface area (Å²) in [6.45, 7) is 0. The molecule has 0 saturated carbocycles. The quantitative estimate of drug-likeness (QED) is 0.933. The maximum atomic E-state index is 6.48. The van der Waals surface area contributed by atoms with Gasteiger partial charge < -0.3 is 9.47 Å². The van der Waals surface area contributed by atoms with E-state index in [0.29, 0.717) is 21.5 Å². The standard InChI is InChI=1S/C15H15Cl2N2O2/c1-20-11-6-12(21-2)15(17)13(14(11)16)8-3-4-9-7-18-19-10(9)5-8/h6,8H,3-5H2,1-2H3,(H,18,19)/t8-/m1/s1. The zero-order chi connectivity index (χ0) is 15.0. The van der Waals surface area contributed by atoms with E-state index >= 15 is 0 Å². The first-order chi connectivity index (χ1) is 10.2. The van der Waals surface area contributed by atoms with Crippen LogP contribution in [0.4, 0.5) is 0 Å². The molecule has 1 atom stereocenters. The molecule has 0 spiro atoms. The highest BCUT2D eigenvalue weighted by Gasteiger charge is 2.28. The molecule has 0 unspecified atom stereocenters. The third-order valence-electron chi connectivity index (χ3n) is 3.96. The Morgan fingerprint density at radius 1 is 1.24 bits per heavy atom. The third-order valence-corrected chi connectivity index (χ3v) is 4.73. The van der Waals surface area contributed by atoms with E-state index in [4.69, 9.17) is 32.7 Å². The molecule has 1 N–H and O–H groups in total. The lowest BCUT2D eigenvalue weighted by molar-refractivity contribution is 0.392. The smallest absolute Gasteiger partial charge is 0.141 e. The predicted molar refractivity (Wildman–Crippen MR) is 81.8 cm³/mol. The lowest BCUT2D eigenvalue weighted by atomic mass is 9.83. The number of nitrogens with one attached hydrogen (secondary N) is 1. The van der Waals surface area contributed by atoms with Crippen molar-refractivity contribution in [3.8, 4) is 11.5 Å². The Labute approximate surface area is 133 Å². The molecule has 111 valence electrons. The highest BCUT2D eigenvalue weighted by atomic mass is 35.5. The first-order valence-electron chi connectivity index (χ1n) is 6.69. The molecule has 0 saturated heterocycles. The molecule has 1 heterocycles. The number of halogens is 2. The molecule has 1 aliphatic carbocycles. The van der Waals surface area contributed by atoms with Crippen LogP contribution in [-0.4, -0.2) is 24.4 Å². The lowest BCUT2D eigenvalue weighted by Crippen LogP contribution is -2.13. The Morgan fingerprint density at radius 3 is 2.52 bits per heavy atom. The highest BCUT2D eigenvalue weighted by Crippen LogP contribution is 2.46. The van der Waals surface area contributed by atoms with Crippen LogP contribution < -0.4 is 9.47 Å². The van der Waals surface area contributed by atoms with Crippen LogP contribution in [0.3, 0.4) is 0 Å². The van der Waals surface area contributed by atoms with Crippen LogP contribution in [0.1, 0.15) is 29.2 Å². The van der Waals surface area contributed by atoms with Crippen molar-refractivity contribution < 1.29 is 9.47 Å². The Balaban J connectivity index is 2.06. The minimum absolute atomic E-state index is 0.204. The van der Waals surface area contributed by atoms with Crippen molar-refractivity contribution in [2.24, 2.45) is 0 Å². The number of methoxy groups -OCH3 is 2. The van der Waals surface area contributed by atoms with E-state index < -0.39 is 0 Å². The zero-order valence-electron chi connectivity index (χ0n) is 11.8. The number of H-pyrrole nitrogens is 1. The molecule has 21 heavy (non-hydrogen) atoms. The van der Waals surface area contributed by atoms with Gasteiger partial charge in [-0.1, -0.05) is 23.2 Å². The molecule has 3 rings (SSSR count). The second kappa shape index (κ2) is 5.78. The van der Waals surface area contributed by atoms with E-state index in [1.165, 1.54) is 0 Å². The van der Waals surface area contributed by atoms with Gasteiger partial charge in [0.25, 0.3) is 0 Å². The molecule has 1 aromatic heterocycles. The maximum absolute atomic E-state index is 6.48. The number of fused-ring (bicyclic) bond motifs is 1. The average molecular weight is 326 g/mol. The molecule has 6 heteroatoms. The van der Waals surface area contributed by atoms with Crippen LogP contribution in [0, 0.1) is 6.20 Å². The predicted octanol–water partition coefficient (Wildman–Crippen LogP) is 3.81. The van der Waals surface area contributed by atoms with Crippen molar-refractivity contribution in [2.75, 3.05) is 14.2 Å². The van der Waals surface area contributed by atoms with Crippen LogP contribution in [0.25, 0.3) is 0 Å². The Bertz CT molecular complexity index is 642. The first kappa shape index (κ1) is 14.5. The number of aromatic amines is 1. The van der Waals surface area contributed by atoms with Gasteiger partial charge in [0.1, 0.15) is 17.7 Å². The Kier molecular flexibility index (Phi) is 4.00. The first-order valence-corrected chi connectivity index (χ1v) is 7.45. The van der Waals surface area contributed by atoms with E-state index in [0.717, 1.165) is 36.1 Å². The van der Waals surface area contributed by atoms with E-state index in [1.54, 1.807) is 20.3 Å². The molecule has 0 fully saturated rings. The maximum Gasteiger partial charge on any atom is 0.141 e. The van der Waals surface area contributed by atoms with Crippen LogP contribution in [0.5, 0.6) is 11.5 Å². The summed E-state index contributed by atoms with van der Waals surface area (Å²) in [6.07, 6.45) is 5.64. The molecule has 4 nitrogen and oxygen atoms in total. The Hall–Kier alpha value is -1.39. The van der Waals surface area contributed by atoms with Crippen molar-refractivity contribution in [3.63, 3.8) is 0 Å². The van der Waals surface area contributed by atoms with Crippen molar-refractivity contribution >= 4 is 23.2 Å².